The van der Waals surface area contributed by atoms with E-state index in [-0.39, 0.29) is 24.4 Å². The predicted molar refractivity (Wildman–Crippen MR) is 50.4 cm³/mol. The van der Waals surface area contributed by atoms with Crippen LogP contribution in [0.15, 0.2) is 0 Å². The van der Waals surface area contributed by atoms with Crippen molar-refractivity contribution in [3.05, 3.63) is 0 Å². The van der Waals surface area contributed by atoms with Gasteiger partial charge < -0.3 is 15.4 Å². The van der Waals surface area contributed by atoms with Crippen LogP contribution in [0, 0.1) is 5.92 Å². The normalized spacial score (nSPS) is 24.8. The van der Waals surface area contributed by atoms with Crippen LogP contribution in [0.2, 0.25) is 0 Å². The lowest BCUT2D eigenvalue weighted by atomic mass is 10.1. The number of rotatable bonds is 3. The molecule has 80 valence electrons. The molecule has 1 aliphatic rings. The fourth-order valence-corrected chi connectivity index (χ4v) is 1.35. The maximum Gasteiger partial charge on any atom is 0.329 e. The molecule has 1 saturated heterocycles. The molecule has 5 nitrogen and oxygen atoms in total. The maximum absolute atomic E-state index is 11.4. The van der Waals surface area contributed by atoms with Gasteiger partial charge in [0.25, 0.3) is 5.91 Å². The second kappa shape index (κ2) is 4.41. The largest absolute Gasteiger partial charge is 0.454 e. The van der Waals surface area contributed by atoms with Crippen molar-refractivity contribution in [2.24, 2.45) is 11.7 Å². The Kier molecular flexibility index (Phi) is 3.46. The Morgan fingerprint density at radius 1 is 1.64 bits per heavy atom. The van der Waals surface area contributed by atoms with Gasteiger partial charge in [-0.15, -0.1) is 0 Å². The molecule has 1 rings (SSSR count). The minimum atomic E-state index is -0.481. The fourth-order valence-electron chi connectivity index (χ4n) is 1.35. The molecule has 2 N–H and O–H groups in total. The van der Waals surface area contributed by atoms with Gasteiger partial charge in [-0.05, 0) is 19.4 Å². The van der Waals surface area contributed by atoms with Crippen LogP contribution >= 0.6 is 0 Å². The highest BCUT2D eigenvalue weighted by molar-refractivity contribution is 5.90. The van der Waals surface area contributed by atoms with Gasteiger partial charge in [0.05, 0.1) is 0 Å². The zero-order chi connectivity index (χ0) is 10.7. The zero-order valence-corrected chi connectivity index (χ0v) is 8.53. The first-order chi connectivity index (χ1) is 6.56. The monoisotopic (exact) mass is 200 g/mol. The van der Waals surface area contributed by atoms with Crippen molar-refractivity contribution < 1.29 is 14.3 Å². The van der Waals surface area contributed by atoms with Gasteiger partial charge in [-0.3, -0.25) is 4.79 Å². The molecule has 0 aromatic heterocycles. The molecule has 0 radical (unpaired) electrons. The number of nitrogens with zero attached hydrogens (tertiary/aromatic N) is 1. The van der Waals surface area contributed by atoms with Crippen LogP contribution in [0.1, 0.15) is 13.8 Å². The lowest BCUT2D eigenvalue weighted by Gasteiger charge is -2.33. The second-order valence-electron chi connectivity index (χ2n) is 3.67. The van der Waals surface area contributed by atoms with E-state index in [4.69, 9.17) is 5.73 Å². The lowest BCUT2D eigenvalue weighted by molar-refractivity contribution is -0.168. The molecule has 0 aliphatic carbocycles. The lowest BCUT2D eigenvalue weighted by Crippen LogP contribution is -2.52. The van der Waals surface area contributed by atoms with E-state index in [2.05, 4.69) is 4.74 Å². The summed E-state index contributed by atoms with van der Waals surface area (Å²) in [7, 11) is 0. The van der Waals surface area contributed by atoms with Gasteiger partial charge in [0.1, 0.15) is 6.04 Å². The Hall–Kier alpha value is -1.10. The summed E-state index contributed by atoms with van der Waals surface area (Å²) in [6.45, 7) is 4.50. The standard InChI is InChI=1S/C9H16N2O3/c1-6(3-10)4-11-7(2)9(13)14-5-8(11)12/h6-7H,3-5,10H2,1-2H3. The first kappa shape index (κ1) is 11.0. The van der Waals surface area contributed by atoms with E-state index in [1.165, 1.54) is 4.90 Å². The molecule has 1 fully saturated rings. The number of morpholine rings is 1. The molecule has 2 atom stereocenters. The van der Waals surface area contributed by atoms with Crippen LogP contribution in [0.5, 0.6) is 0 Å². The van der Waals surface area contributed by atoms with E-state index in [1.807, 2.05) is 6.92 Å². The van der Waals surface area contributed by atoms with Crippen molar-refractivity contribution in [3.8, 4) is 0 Å². The number of hydrogen-bond donors (Lipinski definition) is 1. The Morgan fingerprint density at radius 3 is 2.86 bits per heavy atom. The number of nitrogens with two attached hydrogens (primary N) is 1. The first-order valence-corrected chi connectivity index (χ1v) is 4.72. The predicted octanol–water partition coefficient (Wildman–Crippen LogP) is -0.645. The number of ether oxygens (including phenoxy) is 1. The van der Waals surface area contributed by atoms with E-state index >= 15 is 0 Å². The third-order valence-corrected chi connectivity index (χ3v) is 2.38. The molecule has 5 heteroatoms. The molecule has 2 unspecified atom stereocenters. The molecule has 0 aromatic carbocycles. The van der Waals surface area contributed by atoms with Crippen LogP contribution in [-0.2, 0) is 14.3 Å². The average Bonchev–Trinajstić information content (AvgIpc) is 2.18. The van der Waals surface area contributed by atoms with Gasteiger partial charge >= 0.3 is 5.97 Å². The zero-order valence-electron chi connectivity index (χ0n) is 8.53. The van der Waals surface area contributed by atoms with Crippen molar-refractivity contribution in [3.63, 3.8) is 0 Å². The minimum Gasteiger partial charge on any atom is -0.454 e. The van der Waals surface area contributed by atoms with Gasteiger partial charge in [0.15, 0.2) is 6.61 Å². The SMILES string of the molecule is CC(CN)CN1C(=O)COC(=O)C1C. The number of carbonyl (C=O) groups excluding carboxylic acids is 2. The molecule has 0 saturated carbocycles. The Morgan fingerprint density at radius 2 is 2.29 bits per heavy atom. The molecule has 0 bridgehead atoms. The van der Waals surface area contributed by atoms with Crippen LogP contribution in [-0.4, -0.2) is 42.5 Å². The Labute approximate surface area is 83.2 Å². The summed E-state index contributed by atoms with van der Waals surface area (Å²) in [6, 6.07) is -0.481. The van der Waals surface area contributed by atoms with Gasteiger partial charge in [0, 0.05) is 6.54 Å². The maximum atomic E-state index is 11.4. The van der Waals surface area contributed by atoms with Crippen LogP contribution in [0.4, 0.5) is 0 Å². The third kappa shape index (κ3) is 2.23. The molecular weight excluding hydrogens is 184 g/mol. The van der Waals surface area contributed by atoms with Crippen molar-refractivity contribution in [2.45, 2.75) is 19.9 Å². The van der Waals surface area contributed by atoms with E-state index in [0.29, 0.717) is 13.1 Å². The quantitative estimate of drug-likeness (QED) is 0.615. The topological polar surface area (TPSA) is 72.6 Å². The third-order valence-electron chi connectivity index (χ3n) is 2.38. The molecule has 1 aliphatic heterocycles. The van der Waals surface area contributed by atoms with E-state index < -0.39 is 6.04 Å². The number of esters is 1. The van der Waals surface area contributed by atoms with E-state index in [9.17, 15) is 9.59 Å². The van der Waals surface area contributed by atoms with Crippen LogP contribution in [0.3, 0.4) is 0 Å². The molecular formula is C9H16N2O3. The summed E-state index contributed by atoms with van der Waals surface area (Å²) in [5.41, 5.74) is 5.46. The van der Waals surface area contributed by atoms with Crippen molar-refractivity contribution >= 4 is 11.9 Å². The summed E-state index contributed by atoms with van der Waals surface area (Å²) in [5.74, 6) is -0.279. The van der Waals surface area contributed by atoms with Crippen molar-refractivity contribution in [1.29, 1.82) is 0 Å². The average molecular weight is 200 g/mol. The summed E-state index contributed by atoms with van der Waals surface area (Å²) in [6.07, 6.45) is 0. The number of carbonyl (C=O) groups is 2. The minimum absolute atomic E-state index is 0.138. The summed E-state index contributed by atoms with van der Waals surface area (Å²) in [5, 5.41) is 0. The van der Waals surface area contributed by atoms with Gasteiger partial charge in [0.2, 0.25) is 0 Å². The van der Waals surface area contributed by atoms with E-state index in [1.54, 1.807) is 6.92 Å². The Balaban J connectivity index is 2.63. The molecule has 1 amide bonds. The Bertz CT molecular complexity index is 242. The van der Waals surface area contributed by atoms with Crippen molar-refractivity contribution in [2.75, 3.05) is 19.7 Å². The highest BCUT2D eigenvalue weighted by atomic mass is 16.5. The van der Waals surface area contributed by atoms with Crippen LogP contribution < -0.4 is 5.73 Å². The number of hydrogen-bond acceptors (Lipinski definition) is 4. The summed E-state index contributed by atoms with van der Waals surface area (Å²) in [4.78, 5) is 24.1. The van der Waals surface area contributed by atoms with E-state index in [0.717, 1.165) is 0 Å². The molecule has 14 heavy (non-hydrogen) atoms. The fraction of sp³-hybridized carbons (Fsp3) is 0.778. The highest BCUT2D eigenvalue weighted by Crippen LogP contribution is 2.11. The highest BCUT2D eigenvalue weighted by Gasteiger charge is 2.33. The summed E-state index contributed by atoms with van der Waals surface area (Å²) >= 11 is 0. The summed E-state index contributed by atoms with van der Waals surface area (Å²) < 4.78 is 4.69. The van der Waals surface area contributed by atoms with Gasteiger partial charge in [-0.2, -0.15) is 0 Å². The van der Waals surface area contributed by atoms with Crippen LogP contribution in [0.25, 0.3) is 0 Å². The number of cyclic esters (lactones) is 1. The second-order valence-corrected chi connectivity index (χ2v) is 3.67. The van der Waals surface area contributed by atoms with Gasteiger partial charge in [-0.1, -0.05) is 6.92 Å². The number of amides is 1. The smallest absolute Gasteiger partial charge is 0.329 e. The van der Waals surface area contributed by atoms with Gasteiger partial charge in [-0.25, -0.2) is 4.79 Å². The molecule has 0 aromatic rings. The van der Waals surface area contributed by atoms with Crippen molar-refractivity contribution in [1.82, 2.24) is 4.90 Å². The molecule has 1 heterocycles. The molecule has 0 spiro atoms. The first-order valence-electron chi connectivity index (χ1n) is 4.72.